The molecular formula is C15H15N3O3. The first-order chi connectivity index (χ1) is 10.1. The van der Waals surface area contributed by atoms with Crippen LogP contribution in [0.5, 0.6) is 0 Å². The molecule has 1 N–H and O–H groups in total. The molecule has 0 bridgehead atoms. The van der Waals surface area contributed by atoms with Crippen LogP contribution < -0.4 is 0 Å². The predicted octanol–water partition coefficient (Wildman–Crippen LogP) is 1.49. The molecule has 0 aliphatic rings. The maximum absolute atomic E-state index is 12.1. The molecule has 1 aromatic heterocycles. The van der Waals surface area contributed by atoms with Crippen molar-refractivity contribution in [3.05, 3.63) is 59.7 Å². The third-order valence-corrected chi connectivity index (χ3v) is 3.12. The van der Waals surface area contributed by atoms with Crippen molar-refractivity contribution in [2.75, 3.05) is 13.6 Å². The zero-order chi connectivity index (χ0) is 15.2. The second-order valence-electron chi connectivity index (χ2n) is 4.57. The highest BCUT2D eigenvalue weighted by Crippen LogP contribution is 2.10. The Bertz CT molecular complexity index is 644. The average Bonchev–Trinajstić information content (AvgIpc) is 2.52. The monoisotopic (exact) mass is 285 g/mol. The lowest BCUT2D eigenvalue weighted by Gasteiger charge is -2.17. The van der Waals surface area contributed by atoms with E-state index in [-0.39, 0.29) is 11.5 Å². The predicted molar refractivity (Wildman–Crippen MR) is 76.1 cm³/mol. The van der Waals surface area contributed by atoms with E-state index in [2.05, 4.69) is 9.97 Å². The summed E-state index contributed by atoms with van der Waals surface area (Å²) < 4.78 is 0. The van der Waals surface area contributed by atoms with Crippen molar-refractivity contribution in [2.45, 2.75) is 6.42 Å². The van der Waals surface area contributed by atoms with Gasteiger partial charge in [0, 0.05) is 26.0 Å². The van der Waals surface area contributed by atoms with E-state index in [1.807, 2.05) is 0 Å². The van der Waals surface area contributed by atoms with Crippen LogP contribution >= 0.6 is 0 Å². The number of rotatable bonds is 5. The average molecular weight is 285 g/mol. The smallest absolute Gasteiger partial charge is 0.335 e. The number of aromatic carboxylic acids is 1. The van der Waals surface area contributed by atoms with Crippen molar-refractivity contribution in [1.29, 1.82) is 0 Å². The minimum atomic E-state index is -0.962. The summed E-state index contributed by atoms with van der Waals surface area (Å²) in [6, 6.07) is 6.79. The molecule has 0 aliphatic heterocycles. The first-order valence-corrected chi connectivity index (χ1v) is 6.41. The lowest BCUT2D eigenvalue weighted by atomic mass is 10.0. The molecule has 0 unspecified atom stereocenters. The van der Waals surface area contributed by atoms with E-state index in [4.69, 9.17) is 5.11 Å². The van der Waals surface area contributed by atoms with Gasteiger partial charge in [0.1, 0.15) is 6.33 Å². The van der Waals surface area contributed by atoms with Crippen LogP contribution in [0, 0.1) is 0 Å². The normalized spacial score (nSPS) is 10.1. The molecule has 1 amide bonds. The lowest BCUT2D eigenvalue weighted by Crippen LogP contribution is -2.29. The fourth-order valence-corrected chi connectivity index (χ4v) is 1.97. The van der Waals surface area contributed by atoms with Crippen molar-refractivity contribution in [3.8, 4) is 0 Å². The van der Waals surface area contributed by atoms with Crippen LogP contribution in [-0.4, -0.2) is 45.4 Å². The van der Waals surface area contributed by atoms with Gasteiger partial charge in [-0.3, -0.25) is 4.79 Å². The Morgan fingerprint density at radius 1 is 1.19 bits per heavy atom. The largest absolute Gasteiger partial charge is 0.478 e. The Labute approximate surface area is 122 Å². The highest BCUT2D eigenvalue weighted by Gasteiger charge is 2.14. The number of amides is 1. The molecule has 0 spiro atoms. The third kappa shape index (κ3) is 3.62. The Balaban J connectivity index is 2.03. The molecule has 2 rings (SSSR count). The summed E-state index contributed by atoms with van der Waals surface area (Å²) in [4.78, 5) is 32.4. The molecule has 1 aromatic carbocycles. The van der Waals surface area contributed by atoms with Gasteiger partial charge in [0.15, 0.2) is 0 Å². The maximum Gasteiger partial charge on any atom is 0.335 e. The van der Waals surface area contributed by atoms with Crippen molar-refractivity contribution >= 4 is 11.9 Å². The van der Waals surface area contributed by atoms with Crippen LogP contribution in [0.4, 0.5) is 0 Å². The van der Waals surface area contributed by atoms with Gasteiger partial charge in [-0.05, 0) is 18.1 Å². The van der Waals surface area contributed by atoms with Crippen LogP contribution in [0.3, 0.4) is 0 Å². The minimum Gasteiger partial charge on any atom is -0.478 e. The number of nitrogens with zero attached hydrogens (tertiary/aromatic N) is 3. The second-order valence-corrected chi connectivity index (χ2v) is 4.57. The molecule has 2 aromatic rings. The quantitative estimate of drug-likeness (QED) is 0.899. The number of aromatic nitrogens is 2. The number of carboxylic acids is 1. The Kier molecular flexibility index (Phi) is 4.61. The summed E-state index contributed by atoms with van der Waals surface area (Å²) in [6.45, 7) is 0.415. The van der Waals surface area contributed by atoms with Crippen molar-refractivity contribution in [1.82, 2.24) is 14.9 Å². The van der Waals surface area contributed by atoms with Gasteiger partial charge in [-0.2, -0.15) is 0 Å². The van der Waals surface area contributed by atoms with E-state index in [1.54, 1.807) is 31.3 Å². The van der Waals surface area contributed by atoms with Gasteiger partial charge in [0.2, 0.25) is 0 Å². The number of hydrogen-bond donors (Lipinski definition) is 1. The van der Waals surface area contributed by atoms with Crippen LogP contribution in [-0.2, 0) is 6.42 Å². The number of benzene rings is 1. The van der Waals surface area contributed by atoms with Gasteiger partial charge in [-0.15, -0.1) is 0 Å². The Morgan fingerprint density at radius 2 is 1.86 bits per heavy atom. The van der Waals surface area contributed by atoms with Crippen molar-refractivity contribution in [2.24, 2.45) is 0 Å². The number of carboxylic acid groups (broad SMARTS) is 1. The van der Waals surface area contributed by atoms with Gasteiger partial charge in [0.25, 0.3) is 5.91 Å². The molecule has 6 heteroatoms. The number of carbonyl (C=O) groups is 2. The molecule has 108 valence electrons. The molecule has 0 aliphatic carbocycles. The summed E-state index contributed by atoms with van der Waals surface area (Å²) in [7, 11) is 1.67. The summed E-state index contributed by atoms with van der Waals surface area (Å²) >= 11 is 0. The van der Waals surface area contributed by atoms with Gasteiger partial charge >= 0.3 is 5.97 Å². The van der Waals surface area contributed by atoms with Crippen molar-refractivity contribution < 1.29 is 14.7 Å². The van der Waals surface area contributed by atoms with Gasteiger partial charge in [-0.25, -0.2) is 14.8 Å². The molecule has 0 atom stereocenters. The number of carbonyl (C=O) groups excluding carboxylic acids is 1. The summed E-state index contributed by atoms with van der Waals surface area (Å²) in [6.07, 6.45) is 4.74. The zero-order valence-corrected chi connectivity index (χ0v) is 11.6. The molecule has 1 heterocycles. The van der Waals surface area contributed by atoms with Crippen LogP contribution in [0.1, 0.15) is 26.3 Å². The molecule has 0 saturated heterocycles. The lowest BCUT2D eigenvalue weighted by molar-refractivity contribution is 0.0695. The first-order valence-electron chi connectivity index (χ1n) is 6.41. The zero-order valence-electron chi connectivity index (χ0n) is 11.6. The molecule has 0 radical (unpaired) electrons. The molecule has 6 nitrogen and oxygen atoms in total. The summed E-state index contributed by atoms with van der Waals surface area (Å²) in [5, 5.41) is 9.12. The standard InChI is InChI=1S/C15H15N3O3/c1-18(14(19)12-8-16-10-17-9-12)7-6-11-4-2-3-5-13(11)15(20)21/h2-5,8-10H,6-7H2,1H3,(H,20,21). The van der Waals surface area contributed by atoms with Crippen LogP contribution in [0.25, 0.3) is 0 Å². The SMILES string of the molecule is CN(CCc1ccccc1C(=O)O)C(=O)c1cncnc1. The van der Waals surface area contributed by atoms with E-state index in [9.17, 15) is 9.59 Å². The maximum atomic E-state index is 12.1. The third-order valence-electron chi connectivity index (χ3n) is 3.12. The van der Waals surface area contributed by atoms with E-state index in [0.29, 0.717) is 24.1 Å². The van der Waals surface area contributed by atoms with E-state index >= 15 is 0 Å². The second kappa shape index (κ2) is 6.60. The summed E-state index contributed by atoms with van der Waals surface area (Å²) in [5.41, 5.74) is 1.38. The highest BCUT2D eigenvalue weighted by atomic mass is 16.4. The fourth-order valence-electron chi connectivity index (χ4n) is 1.97. The van der Waals surface area contributed by atoms with Gasteiger partial charge in [0.05, 0.1) is 11.1 Å². The van der Waals surface area contributed by atoms with E-state index < -0.39 is 5.97 Å². The minimum absolute atomic E-state index is 0.191. The fraction of sp³-hybridized carbons (Fsp3) is 0.200. The highest BCUT2D eigenvalue weighted by molar-refractivity contribution is 5.93. The van der Waals surface area contributed by atoms with Gasteiger partial charge in [-0.1, -0.05) is 18.2 Å². The molecule has 0 saturated carbocycles. The number of likely N-dealkylation sites (N-methyl/N-ethyl adjacent to an activating group) is 1. The van der Waals surface area contributed by atoms with E-state index in [0.717, 1.165) is 0 Å². The van der Waals surface area contributed by atoms with E-state index in [1.165, 1.54) is 23.6 Å². The molecular weight excluding hydrogens is 270 g/mol. The first kappa shape index (κ1) is 14.6. The Morgan fingerprint density at radius 3 is 2.52 bits per heavy atom. The van der Waals surface area contributed by atoms with Crippen molar-refractivity contribution in [3.63, 3.8) is 0 Å². The van der Waals surface area contributed by atoms with Gasteiger partial charge < -0.3 is 10.0 Å². The molecule has 21 heavy (non-hydrogen) atoms. The summed E-state index contributed by atoms with van der Waals surface area (Å²) in [5.74, 6) is -1.15. The number of hydrogen-bond acceptors (Lipinski definition) is 4. The van der Waals surface area contributed by atoms with Crippen LogP contribution in [0.15, 0.2) is 43.0 Å². The van der Waals surface area contributed by atoms with Crippen LogP contribution in [0.2, 0.25) is 0 Å². The topological polar surface area (TPSA) is 83.4 Å². The molecule has 0 fully saturated rings. The Hall–Kier alpha value is -2.76.